The van der Waals surface area contributed by atoms with E-state index in [1.54, 1.807) is 12.5 Å². The van der Waals surface area contributed by atoms with Gasteiger partial charge in [-0.25, -0.2) is 15.0 Å². The summed E-state index contributed by atoms with van der Waals surface area (Å²) in [6, 6.07) is 52.9. The molecular weight excluding hydrogens is 593 g/mol. The molecule has 0 saturated heterocycles. The van der Waals surface area contributed by atoms with E-state index in [-0.39, 0.29) is 0 Å². The summed E-state index contributed by atoms with van der Waals surface area (Å²) in [4.78, 5) is 14.1. The molecule has 0 bridgehead atoms. The zero-order chi connectivity index (χ0) is 31.0. The third-order valence-electron chi connectivity index (χ3n) is 9.66. The summed E-state index contributed by atoms with van der Waals surface area (Å²) in [7, 11) is 0. The first kappa shape index (κ1) is 26.3. The molecule has 0 unspecified atom stereocenters. The van der Waals surface area contributed by atoms with Crippen molar-refractivity contribution in [2.24, 2.45) is 0 Å². The molecule has 9 aromatic rings. The van der Waals surface area contributed by atoms with Crippen molar-refractivity contribution in [3.8, 4) is 28.3 Å². The Hall–Kier alpha value is -5.91. The highest BCUT2D eigenvalue weighted by Gasteiger charge is 2.45. The number of nitrogens with zero attached hydrogens (tertiary/aromatic N) is 4. The van der Waals surface area contributed by atoms with Crippen LogP contribution in [0, 0.1) is 0 Å². The number of benzene rings is 6. The van der Waals surface area contributed by atoms with Gasteiger partial charge in [-0.1, -0.05) is 103 Å². The number of imidazole rings is 1. The molecule has 1 aliphatic heterocycles. The van der Waals surface area contributed by atoms with Crippen LogP contribution in [0.1, 0.15) is 22.3 Å². The Kier molecular flexibility index (Phi) is 5.63. The van der Waals surface area contributed by atoms with E-state index in [1.165, 1.54) is 53.6 Å². The van der Waals surface area contributed by atoms with Gasteiger partial charge in [0.15, 0.2) is 5.82 Å². The molecule has 0 fully saturated rings. The number of hydrogen-bond donors (Lipinski definition) is 0. The highest BCUT2D eigenvalue weighted by molar-refractivity contribution is 7.25. The highest BCUT2D eigenvalue weighted by Crippen LogP contribution is 2.54. The fourth-order valence-corrected chi connectivity index (χ4v) is 8.77. The van der Waals surface area contributed by atoms with Crippen LogP contribution in [-0.2, 0) is 5.41 Å². The molecule has 6 aromatic carbocycles. The molecule has 10 rings (SSSR count). The Labute approximate surface area is 275 Å². The number of aromatic nitrogens is 4. The van der Waals surface area contributed by atoms with Crippen LogP contribution in [0.2, 0.25) is 0 Å². The number of thiophene rings is 1. The Morgan fingerprint density at radius 3 is 2.09 bits per heavy atom. The molecule has 0 atom stereocenters. The lowest BCUT2D eigenvalue weighted by Gasteiger charge is -2.41. The predicted molar refractivity (Wildman–Crippen MR) is 192 cm³/mol. The molecule has 3 aromatic heterocycles. The average molecular weight is 619 g/mol. The number of rotatable bonds is 4. The van der Waals surface area contributed by atoms with Gasteiger partial charge >= 0.3 is 0 Å². The van der Waals surface area contributed by atoms with E-state index in [0.717, 1.165) is 28.2 Å². The average Bonchev–Trinajstić information content (AvgIpc) is 3.72. The van der Waals surface area contributed by atoms with Crippen molar-refractivity contribution in [2.75, 3.05) is 0 Å². The van der Waals surface area contributed by atoms with E-state index in [1.807, 2.05) is 17.4 Å². The summed E-state index contributed by atoms with van der Waals surface area (Å²) in [5.41, 5.74) is 10.5. The van der Waals surface area contributed by atoms with E-state index in [2.05, 4.69) is 154 Å². The molecule has 4 heterocycles. The van der Waals surface area contributed by atoms with Gasteiger partial charge in [0.1, 0.15) is 12.0 Å². The SMILES string of the molecule is c1ccc(C2(c3ccccc3)c3cc(-c4ccc5sc6ccccc6c5c4)ccc3-n3c(-c4ccncn4)nc4cccc2c43)cc1. The second kappa shape index (κ2) is 10.0. The lowest BCUT2D eigenvalue weighted by Crippen LogP contribution is -2.35. The quantitative estimate of drug-likeness (QED) is 0.197. The predicted octanol–water partition coefficient (Wildman–Crippen LogP) is 10.2. The van der Waals surface area contributed by atoms with E-state index in [4.69, 9.17) is 4.98 Å². The lowest BCUT2D eigenvalue weighted by atomic mass is 9.63. The first-order valence-electron chi connectivity index (χ1n) is 15.8. The molecule has 220 valence electrons. The summed E-state index contributed by atoms with van der Waals surface area (Å²) < 4.78 is 4.93. The Morgan fingerprint density at radius 1 is 0.574 bits per heavy atom. The van der Waals surface area contributed by atoms with Crippen molar-refractivity contribution >= 4 is 42.5 Å². The topological polar surface area (TPSA) is 43.6 Å². The monoisotopic (exact) mass is 618 g/mol. The van der Waals surface area contributed by atoms with Gasteiger partial charge < -0.3 is 0 Å². The highest BCUT2D eigenvalue weighted by atomic mass is 32.1. The molecule has 5 heteroatoms. The van der Waals surface area contributed by atoms with Crippen molar-refractivity contribution < 1.29 is 0 Å². The normalized spacial score (nSPS) is 13.3. The number of fused-ring (bicyclic) bond motifs is 5. The number of hydrogen-bond acceptors (Lipinski definition) is 4. The van der Waals surface area contributed by atoms with Gasteiger partial charge in [-0.05, 0) is 75.8 Å². The van der Waals surface area contributed by atoms with Crippen LogP contribution < -0.4 is 0 Å². The van der Waals surface area contributed by atoms with Crippen LogP contribution in [0.4, 0.5) is 0 Å². The van der Waals surface area contributed by atoms with Crippen LogP contribution in [0.25, 0.3) is 59.5 Å². The second-order valence-corrected chi connectivity index (χ2v) is 13.1. The third-order valence-corrected chi connectivity index (χ3v) is 10.8. The molecule has 0 radical (unpaired) electrons. The van der Waals surface area contributed by atoms with Gasteiger partial charge in [-0.2, -0.15) is 0 Å². The molecular formula is C42H26N4S. The minimum atomic E-state index is -0.592. The number of para-hydroxylation sites is 1. The summed E-state index contributed by atoms with van der Waals surface area (Å²) in [6.45, 7) is 0. The largest absolute Gasteiger partial charge is 0.290 e. The summed E-state index contributed by atoms with van der Waals surface area (Å²) in [5, 5.41) is 2.60. The van der Waals surface area contributed by atoms with E-state index in [0.29, 0.717) is 0 Å². The maximum atomic E-state index is 5.22. The molecule has 0 aliphatic carbocycles. The maximum Gasteiger partial charge on any atom is 0.164 e. The molecule has 0 N–H and O–H groups in total. The first-order valence-corrected chi connectivity index (χ1v) is 16.6. The van der Waals surface area contributed by atoms with Gasteiger partial charge in [-0.15, -0.1) is 11.3 Å². The molecule has 4 nitrogen and oxygen atoms in total. The zero-order valence-corrected chi connectivity index (χ0v) is 26.0. The van der Waals surface area contributed by atoms with Crippen molar-refractivity contribution in [3.63, 3.8) is 0 Å². The van der Waals surface area contributed by atoms with Crippen LogP contribution >= 0.6 is 11.3 Å². The molecule has 0 saturated carbocycles. The van der Waals surface area contributed by atoms with Gasteiger partial charge in [0, 0.05) is 26.4 Å². The van der Waals surface area contributed by atoms with Crippen molar-refractivity contribution in [1.82, 2.24) is 19.5 Å². The van der Waals surface area contributed by atoms with Gasteiger partial charge in [0.2, 0.25) is 0 Å². The van der Waals surface area contributed by atoms with Gasteiger partial charge in [0.25, 0.3) is 0 Å². The van der Waals surface area contributed by atoms with Crippen molar-refractivity contribution in [1.29, 1.82) is 0 Å². The smallest absolute Gasteiger partial charge is 0.164 e. The van der Waals surface area contributed by atoms with Crippen LogP contribution in [-0.4, -0.2) is 19.5 Å². The second-order valence-electron chi connectivity index (χ2n) is 12.1. The zero-order valence-electron chi connectivity index (χ0n) is 25.2. The van der Waals surface area contributed by atoms with Crippen LogP contribution in [0.15, 0.2) is 158 Å². The maximum absolute atomic E-state index is 5.22. The van der Waals surface area contributed by atoms with Gasteiger partial charge in [0.05, 0.1) is 22.1 Å². The summed E-state index contributed by atoms with van der Waals surface area (Å²) in [5.74, 6) is 0.810. The summed E-state index contributed by atoms with van der Waals surface area (Å²) >= 11 is 1.85. The van der Waals surface area contributed by atoms with E-state index < -0.39 is 5.41 Å². The fourth-order valence-electron chi connectivity index (χ4n) is 7.69. The minimum Gasteiger partial charge on any atom is -0.290 e. The van der Waals surface area contributed by atoms with Gasteiger partial charge in [-0.3, -0.25) is 4.57 Å². The van der Waals surface area contributed by atoms with Crippen molar-refractivity contribution in [2.45, 2.75) is 5.41 Å². The molecule has 47 heavy (non-hydrogen) atoms. The van der Waals surface area contributed by atoms with E-state index >= 15 is 0 Å². The molecule has 0 amide bonds. The minimum absolute atomic E-state index is 0.592. The fraction of sp³-hybridized carbons (Fsp3) is 0.0238. The van der Waals surface area contributed by atoms with Crippen molar-refractivity contribution in [3.05, 3.63) is 180 Å². The van der Waals surface area contributed by atoms with E-state index in [9.17, 15) is 0 Å². The Balaban J connectivity index is 1.34. The van der Waals surface area contributed by atoms with Crippen LogP contribution in [0.3, 0.4) is 0 Å². The Bertz CT molecular complexity index is 2580. The van der Waals surface area contributed by atoms with Crippen LogP contribution in [0.5, 0.6) is 0 Å². The summed E-state index contributed by atoms with van der Waals surface area (Å²) in [6.07, 6.45) is 3.38. The lowest BCUT2D eigenvalue weighted by molar-refractivity contribution is 0.725. The molecule has 1 aliphatic rings. The first-order chi connectivity index (χ1) is 23.3. The Morgan fingerprint density at radius 2 is 1.30 bits per heavy atom. The standard InChI is InChI=1S/C42H26N4S/c1-3-10-29(11-4-1)42(30-12-5-2-6-13-30)33-15-9-16-35-40(33)46(41(45-35)36-22-23-43-26-44-36)37-20-18-28(25-34(37)42)27-19-21-39-32(24-27)31-14-7-8-17-38(31)47-39/h1-26H. The molecule has 0 spiro atoms. The third kappa shape index (κ3) is 3.72.